The lowest BCUT2D eigenvalue weighted by molar-refractivity contribution is 0.663. The highest BCUT2D eigenvalue weighted by Gasteiger charge is 2.22. The monoisotopic (exact) mass is 654 g/mol. The zero-order valence-corrected chi connectivity index (χ0v) is 27.1. The maximum Gasteiger partial charge on any atom is 0.164 e. The summed E-state index contributed by atoms with van der Waals surface area (Å²) in [5, 5.41) is 6.53. The Kier molecular flexibility index (Phi) is 5.86. The van der Waals surface area contributed by atoms with Crippen molar-refractivity contribution >= 4 is 65.7 Å². The Labute approximate surface area is 290 Å². The van der Waals surface area contributed by atoms with Gasteiger partial charge in [0.25, 0.3) is 0 Å². The minimum Gasteiger partial charge on any atom is -0.456 e. The van der Waals surface area contributed by atoms with Crippen LogP contribution in [-0.4, -0.2) is 19.5 Å². The number of nitrogens with zero attached hydrogens (tertiary/aromatic N) is 4. The van der Waals surface area contributed by atoms with Crippen LogP contribution in [0.2, 0.25) is 0 Å². The summed E-state index contributed by atoms with van der Waals surface area (Å²) in [6.45, 7) is 0. The van der Waals surface area contributed by atoms with Gasteiger partial charge in [-0.15, -0.1) is 0 Å². The molecule has 0 radical (unpaired) electrons. The average Bonchev–Trinajstić information content (AvgIpc) is 3.87. The van der Waals surface area contributed by atoms with Gasteiger partial charge >= 0.3 is 0 Å². The molecule has 0 unspecified atom stereocenters. The van der Waals surface area contributed by atoms with Crippen LogP contribution < -0.4 is 0 Å². The van der Waals surface area contributed by atoms with E-state index in [1.54, 1.807) is 0 Å². The lowest BCUT2D eigenvalue weighted by Crippen LogP contribution is -2.00. The summed E-state index contributed by atoms with van der Waals surface area (Å²) in [6.07, 6.45) is 0. The molecule has 0 aliphatic rings. The molecule has 0 atom stereocenters. The third kappa shape index (κ3) is 4.20. The van der Waals surface area contributed by atoms with Crippen molar-refractivity contribution < 1.29 is 8.83 Å². The van der Waals surface area contributed by atoms with Crippen LogP contribution in [0.5, 0.6) is 0 Å². The number of fused-ring (bicyclic) bond motifs is 10. The summed E-state index contributed by atoms with van der Waals surface area (Å²) in [4.78, 5) is 14.8. The molecule has 11 rings (SSSR count). The van der Waals surface area contributed by atoms with Crippen molar-refractivity contribution in [2.75, 3.05) is 0 Å². The van der Waals surface area contributed by atoms with E-state index >= 15 is 0 Å². The maximum atomic E-state index is 6.62. The number of hydrogen-bond acceptors (Lipinski definition) is 5. The Morgan fingerprint density at radius 2 is 0.882 bits per heavy atom. The van der Waals surface area contributed by atoms with Crippen LogP contribution in [0.4, 0.5) is 0 Å². The topological polar surface area (TPSA) is 69.9 Å². The van der Waals surface area contributed by atoms with E-state index in [9.17, 15) is 0 Å². The molecule has 0 aliphatic carbocycles. The van der Waals surface area contributed by atoms with E-state index in [2.05, 4.69) is 77.4 Å². The first-order chi connectivity index (χ1) is 25.3. The molecule has 0 saturated heterocycles. The first-order valence-corrected chi connectivity index (χ1v) is 16.9. The second-order valence-corrected chi connectivity index (χ2v) is 12.8. The lowest BCUT2D eigenvalue weighted by atomic mass is 10.0. The third-order valence-electron chi connectivity index (χ3n) is 9.85. The van der Waals surface area contributed by atoms with Crippen LogP contribution in [0.3, 0.4) is 0 Å². The molecule has 4 heterocycles. The molecule has 7 aromatic carbocycles. The number of hydrogen-bond donors (Lipinski definition) is 0. The van der Waals surface area contributed by atoms with Crippen molar-refractivity contribution in [2.45, 2.75) is 0 Å². The van der Waals surface area contributed by atoms with E-state index in [4.69, 9.17) is 23.8 Å². The number of aromatic nitrogens is 4. The Balaban J connectivity index is 1.15. The molecule has 0 saturated carbocycles. The van der Waals surface area contributed by atoms with Gasteiger partial charge in [0.15, 0.2) is 17.5 Å². The number of rotatable bonds is 4. The molecule has 0 amide bonds. The molecule has 0 bridgehead atoms. The summed E-state index contributed by atoms with van der Waals surface area (Å²) < 4.78 is 15.5. The van der Waals surface area contributed by atoms with E-state index in [1.807, 2.05) is 84.9 Å². The second-order valence-electron chi connectivity index (χ2n) is 12.8. The predicted octanol–water partition coefficient (Wildman–Crippen LogP) is 11.8. The van der Waals surface area contributed by atoms with Gasteiger partial charge in [0.05, 0.1) is 22.1 Å². The fourth-order valence-electron chi connectivity index (χ4n) is 7.60. The maximum absolute atomic E-state index is 6.62. The van der Waals surface area contributed by atoms with Crippen molar-refractivity contribution in [1.29, 1.82) is 0 Å². The van der Waals surface area contributed by atoms with E-state index in [0.29, 0.717) is 17.5 Å². The first-order valence-electron chi connectivity index (χ1n) is 16.9. The summed E-state index contributed by atoms with van der Waals surface area (Å²) in [5.41, 5.74) is 9.25. The molecule has 0 aliphatic heterocycles. The summed E-state index contributed by atoms with van der Waals surface area (Å²) >= 11 is 0. The van der Waals surface area contributed by atoms with Gasteiger partial charge in [0, 0.05) is 43.6 Å². The highest BCUT2D eigenvalue weighted by molar-refractivity contribution is 6.28. The molecule has 0 fully saturated rings. The zero-order valence-electron chi connectivity index (χ0n) is 27.1. The number of furan rings is 2. The van der Waals surface area contributed by atoms with Gasteiger partial charge in [-0.2, -0.15) is 0 Å². The molecule has 51 heavy (non-hydrogen) atoms. The van der Waals surface area contributed by atoms with E-state index in [-0.39, 0.29) is 0 Å². The smallest absolute Gasteiger partial charge is 0.164 e. The standard InChI is InChI=1S/C45H26N4O2/c1-3-12-27(13-4-1)43-46-44(28-14-5-2-6-15-28)48-45(47-43)29-22-23-32-39(26-29)51-37-24-25-38-42(40(32)37)41-35(20-11-21-36(41)50-38)49-33-18-9-7-16-30(33)31-17-8-10-19-34(31)49/h1-26H. The largest absolute Gasteiger partial charge is 0.456 e. The summed E-state index contributed by atoms with van der Waals surface area (Å²) in [6, 6.07) is 53.8. The molecule has 6 nitrogen and oxygen atoms in total. The molecule has 4 aromatic heterocycles. The lowest BCUT2D eigenvalue weighted by Gasteiger charge is -2.09. The fraction of sp³-hybridized carbons (Fsp3) is 0. The van der Waals surface area contributed by atoms with Crippen LogP contribution in [0, 0.1) is 0 Å². The van der Waals surface area contributed by atoms with Crippen LogP contribution in [-0.2, 0) is 0 Å². The Hall–Kier alpha value is -7.05. The Morgan fingerprint density at radius 3 is 1.53 bits per heavy atom. The SMILES string of the molecule is c1ccc(-c2nc(-c3ccccc3)nc(-c3ccc4c(c3)oc3ccc5oc6cccc(-n7c8ccccc8c8ccccc87)c6c5c34)n2)cc1. The van der Waals surface area contributed by atoms with Crippen LogP contribution in [0.1, 0.15) is 0 Å². The van der Waals surface area contributed by atoms with Crippen molar-refractivity contribution in [1.82, 2.24) is 19.5 Å². The molecule has 11 aromatic rings. The van der Waals surface area contributed by atoms with Gasteiger partial charge in [-0.1, -0.05) is 109 Å². The van der Waals surface area contributed by atoms with Crippen molar-refractivity contribution in [3.63, 3.8) is 0 Å². The van der Waals surface area contributed by atoms with E-state index < -0.39 is 0 Å². The number of para-hydroxylation sites is 2. The minimum atomic E-state index is 0.581. The normalized spacial score (nSPS) is 11.9. The molecular formula is C45H26N4O2. The van der Waals surface area contributed by atoms with Gasteiger partial charge < -0.3 is 13.4 Å². The highest BCUT2D eigenvalue weighted by atomic mass is 16.3. The second kappa shape index (κ2) is 10.7. The van der Waals surface area contributed by atoms with Crippen LogP contribution >= 0.6 is 0 Å². The van der Waals surface area contributed by atoms with Crippen molar-refractivity contribution in [3.05, 3.63) is 158 Å². The molecule has 238 valence electrons. The quantitative estimate of drug-likeness (QED) is 0.189. The average molecular weight is 655 g/mol. The zero-order chi connectivity index (χ0) is 33.5. The predicted molar refractivity (Wildman–Crippen MR) is 205 cm³/mol. The highest BCUT2D eigenvalue weighted by Crippen LogP contribution is 2.44. The van der Waals surface area contributed by atoms with Crippen LogP contribution in [0.15, 0.2) is 167 Å². The van der Waals surface area contributed by atoms with Crippen molar-refractivity contribution in [3.8, 4) is 39.9 Å². The molecule has 6 heteroatoms. The fourth-order valence-corrected chi connectivity index (χ4v) is 7.60. The molecule has 0 N–H and O–H groups in total. The molecule has 0 spiro atoms. The van der Waals surface area contributed by atoms with Gasteiger partial charge in [-0.3, -0.25) is 0 Å². The number of benzene rings is 7. The van der Waals surface area contributed by atoms with Crippen molar-refractivity contribution in [2.24, 2.45) is 0 Å². The van der Waals surface area contributed by atoms with Gasteiger partial charge in [0.1, 0.15) is 22.3 Å². The third-order valence-corrected chi connectivity index (χ3v) is 9.85. The minimum absolute atomic E-state index is 0.581. The van der Waals surface area contributed by atoms with Gasteiger partial charge in [-0.25, -0.2) is 15.0 Å². The molecular weight excluding hydrogens is 629 g/mol. The van der Waals surface area contributed by atoms with E-state index in [0.717, 1.165) is 77.3 Å². The summed E-state index contributed by atoms with van der Waals surface area (Å²) in [5.74, 6) is 1.82. The van der Waals surface area contributed by atoms with Gasteiger partial charge in [0.2, 0.25) is 0 Å². The van der Waals surface area contributed by atoms with Crippen LogP contribution in [0.25, 0.3) is 106 Å². The Bertz CT molecular complexity index is 3030. The Morgan fingerprint density at radius 1 is 0.353 bits per heavy atom. The summed E-state index contributed by atoms with van der Waals surface area (Å²) in [7, 11) is 0. The van der Waals surface area contributed by atoms with Gasteiger partial charge in [-0.05, 0) is 48.5 Å². The van der Waals surface area contributed by atoms with E-state index in [1.165, 1.54) is 10.8 Å². The first kappa shape index (κ1) is 27.9.